The van der Waals surface area contributed by atoms with Crippen molar-refractivity contribution in [3.8, 4) is 0 Å². The number of hydrogen-bond donors (Lipinski definition) is 2. The number of hydrogen-bond acceptors (Lipinski definition) is 4. The predicted molar refractivity (Wildman–Crippen MR) is 81.1 cm³/mol. The molecule has 2 N–H and O–H groups in total. The molecule has 2 unspecified atom stereocenters. The maximum atomic E-state index is 12.1. The summed E-state index contributed by atoms with van der Waals surface area (Å²) in [7, 11) is -3.37. The van der Waals surface area contributed by atoms with E-state index >= 15 is 0 Å². The van der Waals surface area contributed by atoms with E-state index in [0.717, 1.165) is 18.4 Å². The molecule has 0 spiro atoms. The zero-order chi connectivity index (χ0) is 15.3. The standard InChI is InChI=1S/C15H23NO4S/c1-2-15-14(6-7-20-15)9-16-21(18,19)11-13-5-3-4-12(8-13)10-17/h3-5,8,14-17H,2,6-7,9-11H2,1H3. The summed E-state index contributed by atoms with van der Waals surface area (Å²) in [6.07, 6.45) is 1.97. The molecule has 2 rings (SSSR count). The number of ether oxygens (including phenoxy) is 1. The minimum atomic E-state index is -3.37. The van der Waals surface area contributed by atoms with Gasteiger partial charge in [-0.15, -0.1) is 0 Å². The van der Waals surface area contributed by atoms with E-state index in [1.165, 1.54) is 0 Å². The van der Waals surface area contributed by atoms with Crippen LogP contribution in [0.2, 0.25) is 0 Å². The molecule has 0 bridgehead atoms. The van der Waals surface area contributed by atoms with Crippen LogP contribution in [0.5, 0.6) is 0 Å². The molecule has 1 saturated heterocycles. The third-order valence-electron chi connectivity index (χ3n) is 3.84. The van der Waals surface area contributed by atoms with Gasteiger partial charge in [0.05, 0.1) is 18.5 Å². The lowest BCUT2D eigenvalue weighted by atomic mass is 10.0. The fraction of sp³-hybridized carbons (Fsp3) is 0.600. The van der Waals surface area contributed by atoms with E-state index in [0.29, 0.717) is 18.7 Å². The molecule has 5 nitrogen and oxygen atoms in total. The van der Waals surface area contributed by atoms with Crippen molar-refractivity contribution in [1.82, 2.24) is 4.72 Å². The van der Waals surface area contributed by atoms with Gasteiger partial charge in [0.25, 0.3) is 0 Å². The van der Waals surface area contributed by atoms with Crippen LogP contribution in [0.3, 0.4) is 0 Å². The van der Waals surface area contributed by atoms with Crippen molar-refractivity contribution in [1.29, 1.82) is 0 Å². The number of nitrogens with one attached hydrogen (secondary N) is 1. The van der Waals surface area contributed by atoms with E-state index in [2.05, 4.69) is 11.6 Å². The molecular formula is C15H23NO4S. The van der Waals surface area contributed by atoms with Gasteiger partial charge in [0.1, 0.15) is 0 Å². The molecule has 1 fully saturated rings. The summed E-state index contributed by atoms with van der Waals surface area (Å²) >= 11 is 0. The Labute approximate surface area is 126 Å². The summed E-state index contributed by atoms with van der Waals surface area (Å²) in [5, 5.41) is 9.08. The second-order valence-electron chi connectivity index (χ2n) is 5.45. The van der Waals surface area contributed by atoms with Gasteiger partial charge in [-0.1, -0.05) is 31.2 Å². The first-order valence-electron chi connectivity index (χ1n) is 7.31. The zero-order valence-corrected chi connectivity index (χ0v) is 13.1. The topological polar surface area (TPSA) is 75.6 Å². The van der Waals surface area contributed by atoms with E-state index in [-0.39, 0.29) is 24.4 Å². The lowest BCUT2D eigenvalue weighted by Gasteiger charge is -2.17. The minimum Gasteiger partial charge on any atom is -0.392 e. The van der Waals surface area contributed by atoms with Crippen LogP contribution in [0.25, 0.3) is 0 Å². The zero-order valence-electron chi connectivity index (χ0n) is 12.3. The van der Waals surface area contributed by atoms with E-state index in [4.69, 9.17) is 9.84 Å². The fourth-order valence-corrected chi connectivity index (χ4v) is 3.89. The van der Waals surface area contributed by atoms with Gasteiger partial charge >= 0.3 is 0 Å². The third kappa shape index (κ3) is 4.78. The van der Waals surface area contributed by atoms with Crippen molar-refractivity contribution in [2.75, 3.05) is 13.2 Å². The Morgan fingerprint density at radius 2 is 2.14 bits per heavy atom. The second-order valence-corrected chi connectivity index (χ2v) is 7.26. The average molecular weight is 313 g/mol. The molecular weight excluding hydrogens is 290 g/mol. The van der Waals surface area contributed by atoms with Crippen LogP contribution in [0.1, 0.15) is 30.9 Å². The fourth-order valence-electron chi connectivity index (χ4n) is 2.70. The monoisotopic (exact) mass is 313 g/mol. The summed E-state index contributed by atoms with van der Waals surface area (Å²) < 4.78 is 32.5. The van der Waals surface area contributed by atoms with Crippen LogP contribution >= 0.6 is 0 Å². The van der Waals surface area contributed by atoms with Gasteiger partial charge < -0.3 is 9.84 Å². The van der Waals surface area contributed by atoms with Gasteiger partial charge in [-0.2, -0.15) is 0 Å². The molecule has 21 heavy (non-hydrogen) atoms. The third-order valence-corrected chi connectivity index (χ3v) is 5.16. The van der Waals surface area contributed by atoms with Gasteiger partial charge in [0, 0.05) is 19.1 Å². The minimum absolute atomic E-state index is 0.0643. The maximum absolute atomic E-state index is 12.1. The Bertz CT molecular complexity index is 559. The second kappa shape index (κ2) is 7.35. The molecule has 6 heteroatoms. The first-order chi connectivity index (χ1) is 10.0. The average Bonchev–Trinajstić information content (AvgIpc) is 2.92. The Kier molecular flexibility index (Phi) is 5.75. The van der Waals surface area contributed by atoms with Crippen molar-refractivity contribution in [2.24, 2.45) is 5.92 Å². The van der Waals surface area contributed by atoms with Crippen molar-refractivity contribution >= 4 is 10.0 Å². The van der Waals surface area contributed by atoms with Crippen molar-refractivity contribution < 1.29 is 18.3 Å². The van der Waals surface area contributed by atoms with E-state index < -0.39 is 10.0 Å². The summed E-state index contributed by atoms with van der Waals surface area (Å²) in [5.74, 6) is 0.194. The molecule has 0 amide bonds. The number of benzene rings is 1. The highest BCUT2D eigenvalue weighted by atomic mass is 32.2. The van der Waals surface area contributed by atoms with Gasteiger partial charge in [-0.25, -0.2) is 13.1 Å². The van der Waals surface area contributed by atoms with E-state index in [1.807, 2.05) is 0 Å². The van der Waals surface area contributed by atoms with Crippen LogP contribution in [-0.4, -0.2) is 32.8 Å². The number of rotatable bonds is 7. The molecule has 1 heterocycles. The molecule has 0 aliphatic carbocycles. The van der Waals surface area contributed by atoms with Crippen molar-refractivity contribution in [2.45, 2.75) is 38.2 Å². The first-order valence-corrected chi connectivity index (χ1v) is 8.97. The van der Waals surface area contributed by atoms with Crippen LogP contribution in [-0.2, 0) is 27.1 Å². The maximum Gasteiger partial charge on any atom is 0.215 e. The lowest BCUT2D eigenvalue weighted by molar-refractivity contribution is 0.0884. The highest BCUT2D eigenvalue weighted by molar-refractivity contribution is 7.88. The summed E-state index contributed by atoms with van der Waals surface area (Å²) in [6, 6.07) is 7.00. The molecule has 0 saturated carbocycles. The van der Waals surface area contributed by atoms with Crippen LogP contribution in [0.4, 0.5) is 0 Å². The SMILES string of the molecule is CCC1OCCC1CNS(=O)(=O)Cc1cccc(CO)c1. The molecule has 1 aliphatic rings. The molecule has 0 aromatic heterocycles. The van der Waals surface area contributed by atoms with Crippen molar-refractivity contribution in [3.05, 3.63) is 35.4 Å². The highest BCUT2D eigenvalue weighted by Crippen LogP contribution is 2.22. The van der Waals surface area contributed by atoms with Gasteiger partial charge in [-0.05, 0) is 24.0 Å². The largest absolute Gasteiger partial charge is 0.392 e. The summed E-state index contributed by atoms with van der Waals surface area (Å²) in [5.41, 5.74) is 1.40. The van der Waals surface area contributed by atoms with Gasteiger partial charge in [-0.3, -0.25) is 0 Å². The molecule has 1 aromatic rings. The Morgan fingerprint density at radius 1 is 1.38 bits per heavy atom. The summed E-state index contributed by atoms with van der Waals surface area (Å²) in [4.78, 5) is 0. The lowest BCUT2D eigenvalue weighted by Crippen LogP contribution is -2.33. The Balaban J connectivity index is 1.92. The van der Waals surface area contributed by atoms with Gasteiger partial charge in [0.15, 0.2) is 0 Å². The van der Waals surface area contributed by atoms with Crippen LogP contribution < -0.4 is 4.72 Å². The number of aliphatic hydroxyl groups is 1. The smallest absolute Gasteiger partial charge is 0.215 e. The Hall–Kier alpha value is -0.950. The number of sulfonamides is 1. The van der Waals surface area contributed by atoms with Crippen molar-refractivity contribution in [3.63, 3.8) is 0 Å². The van der Waals surface area contributed by atoms with E-state index in [9.17, 15) is 8.42 Å². The normalized spacial score (nSPS) is 22.6. The highest BCUT2D eigenvalue weighted by Gasteiger charge is 2.27. The molecule has 118 valence electrons. The van der Waals surface area contributed by atoms with Gasteiger partial charge in [0.2, 0.25) is 10.0 Å². The predicted octanol–water partition coefficient (Wildman–Crippen LogP) is 1.41. The first kappa shape index (κ1) is 16.4. The number of aliphatic hydroxyl groups excluding tert-OH is 1. The quantitative estimate of drug-likeness (QED) is 0.798. The molecule has 2 atom stereocenters. The summed E-state index contributed by atoms with van der Waals surface area (Å²) in [6.45, 7) is 3.11. The molecule has 1 aromatic carbocycles. The molecule has 0 radical (unpaired) electrons. The van der Waals surface area contributed by atoms with E-state index in [1.54, 1.807) is 24.3 Å². The van der Waals surface area contributed by atoms with Crippen LogP contribution in [0, 0.1) is 5.92 Å². The van der Waals surface area contributed by atoms with Crippen LogP contribution in [0.15, 0.2) is 24.3 Å². The Morgan fingerprint density at radius 3 is 2.86 bits per heavy atom. The molecule has 1 aliphatic heterocycles.